The van der Waals surface area contributed by atoms with E-state index in [1.165, 1.54) is 43.6 Å². The largest absolute Gasteiger partial charge is 0.496 e. The number of anilines is 2. The third-order valence-electron chi connectivity index (χ3n) is 5.69. The SMILES string of the molecule is COc1cc2ncc3nnc(-c4ccc(NC(=O)Nc5cccc(C(N)=O)c5)c(F)c4)n3c2cc1C(N)=O. The zero-order valence-corrected chi connectivity index (χ0v) is 19.7. The Morgan fingerprint density at radius 2 is 1.79 bits per heavy atom. The maximum absolute atomic E-state index is 15.0. The second-order valence-corrected chi connectivity index (χ2v) is 8.10. The summed E-state index contributed by atoms with van der Waals surface area (Å²) in [4.78, 5) is 40.0. The van der Waals surface area contributed by atoms with Gasteiger partial charge in [0.25, 0.3) is 5.91 Å². The highest BCUT2D eigenvalue weighted by Crippen LogP contribution is 2.29. The van der Waals surface area contributed by atoms with Crippen molar-refractivity contribution in [2.45, 2.75) is 0 Å². The Labute approximate surface area is 213 Å². The molecule has 38 heavy (non-hydrogen) atoms. The molecule has 0 saturated carbocycles. The average Bonchev–Trinajstić information content (AvgIpc) is 3.33. The van der Waals surface area contributed by atoms with Crippen LogP contribution in [0.15, 0.2) is 60.8 Å². The van der Waals surface area contributed by atoms with Gasteiger partial charge in [0.2, 0.25) is 5.91 Å². The molecular formula is C25H19FN8O4. The van der Waals surface area contributed by atoms with E-state index in [0.29, 0.717) is 27.9 Å². The molecule has 0 spiro atoms. The fourth-order valence-electron chi connectivity index (χ4n) is 3.92. The maximum atomic E-state index is 15.0. The van der Waals surface area contributed by atoms with Crippen molar-refractivity contribution in [3.8, 4) is 17.1 Å². The van der Waals surface area contributed by atoms with Crippen LogP contribution in [0.25, 0.3) is 28.1 Å². The van der Waals surface area contributed by atoms with Crippen molar-refractivity contribution in [2.24, 2.45) is 11.5 Å². The summed E-state index contributed by atoms with van der Waals surface area (Å²) in [7, 11) is 1.41. The predicted octanol–water partition coefficient (Wildman–Crippen LogP) is 2.93. The van der Waals surface area contributed by atoms with E-state index in [9.17, 15) is 14.4 Å². The van der Waals surface area contributed by atoms with Gasteiger partial charge >= 0.3 is 6.03 Å². The number of fused-ring (bicyclic) bond motifs is 3. The van der Waals surface area contributed by atoms with E-state index < -0.39 is 23.7 Å². The predicted molar refractivity (Wildman–Crippen MR) is 136 cm³/mol. The number of nitrogens with zero attached hydrogens (tertiary/aromatic N) is 4. The summed E-state index contributed by atoms with van der Waals surface area (Å²) in [5.41, 5.74) is 12.9. The van der Waals surface area contributed by atoms with Gasteiger partial charge in [0.15, 0.2) is 11.5 Å². The summed E-state index contributed by atoms with van der Waals surface area (Å²) in [5, 5.41) is 13.2. The van der Waals surface area contributed by atoms with E-state index in [4.69, 9.17) is 16.2 Å². The first kappa shape index (κ1) is 24.1. The van der Waals surface area contributed by atoms with E-state index in [2.05, 4.69) is 25.8 Å². The molecule has 12 nitrogen and oxygen atoms in total. The van der Waals surface area contributed by atoms with Crippen molar-refractivity contribution in [1.82, 2.24) is 19.6 Å². The fourth-order valence-corrected chi connectivity index (χ4v) is 3.92. The third-order valence-corrected chi connectivity index (χ3v) is 5.69. The van der Waals surface area contributed by atoms with Crippen LogP contribution in [0.2, 0.25) is 0 Å². The van der Waals surface area contributed by atoms with Crippen molar-refractivity contribution in [1.29, 1.82) is 0 Å². The lowest BCUT2D eigenvalue weighted by Crippen LogP contribution is -2.20. The molecule has 0 bridgehead atoms. The lowest BCUT2D eigenvalue weighted by atomic mass is 10.1. The summed E-state index contributed by atoms with van der Waals surface area (Å²) >= 11 is 0. The highest BCUT2D eigenvalue weighted by molar-refractivity contribution is 6.02. The number of benzene rings is 3. The summed E-state index contributed by atoms with van der Waals surface area (Å²) in [6.07, 6.45) is 1.48. The molecule has 2 aromatic heterocycles. The fraction of sp³-hybridized carbons (Fsp3) is 0.0400. The number of nitrogens with two attached hydrogens (primary N) is 2. The molecule has 0 aliphatic carbocycles. The highest BCUT2D eigenvalue weighted by Gasteiger charge is 2.18. The number of primary amides is 2. The first-order chi connectivity index (χ1) is 18.2. The number of carbonyl (C=O) groups is 3. The summed E-state index contributed by atoms with van der Waals surface area (Å²) in [6.45, 7) is 0. The Morgan fingerprint density at radius 1 is 0.974 bits per heavy atom. The monoisotopic (exact) mass is 514 g/mol. The van der Waals surface area contributed by atoms with Crippen molar-refractivity contribution >= 4 is 45.9 Å². The van der Waals surface area contributed by atoms with Crippen molar-refractivity contribution < 1.29 is 23.5 Å². The van der Waals surface area contributed by atoms with Gasteiger partial charge < -0.3 is 26.8 Å². The molecule has 0 unspecified atom stereocenters. The second kappa shape index (κ2) is 9.46. The number of aromatic nitrogens is 4. The van der Waals surface area contributed by atoms with E-state index in [1.54, 1.807) is 28.7 Å². The van der Waals surface area contributed by atoms with Crippen molar-refractivity contribution in [3.05, 3.63) is 77.7 Å². The zero-order valence-electron chi connectivity index (χ0n) is 19.7. The van der Waals surface area contributed by atoms with Crippen LogP contribution in [-0.2, 0) is 0 Å². The van der Waals surface area contributed by atoms with E-state index in [0.717, 1.165) is 0 Å². The van der Waals surface area contributed by atoms with Crippen molar-refractivity contribution in [2.75, 3.05) is 17.7 Å². The molecule has 190 valence electrons. The molecule has 0 aliphatic rings. The van der Waals surface area contributed by atoms with Crippen LogP contribution in [0.4, 0.5) is 20.6 Å². The molecule has 0 atom stereocenters. The number of hydrogen-bond acceptors (Lipinski definition) is 7. The standard InChI is InChI=1S/C25H19FN8O4/c1-38-20-10-18-19(9-15(20)23(28)36)34-21(11-29-18)32-33-24(34)13-5-6-17(16(26)8-13)31-25(37)30-14-4-2-3-12(7-14)22(27)35/h2-11H,1H3,(H2,27,35)(H2,28,36)(H2,30,31,37). The molecule has 13 heteroatoms. The molecule has 3 aromatic carbocycles. The maximum Gasteiger partial charge on any atom is 0.323 e. The number of ether oxygens (including phenoxy) is 1. The Bertz CT molecular complexity index is 1770. The minimum atomic E-state index is -0.738. The Kier molecular flexibility index (Phi) is 6.01. The van der Waals surface area contributed by atoms with Crippen LogP contribution in [0.1, 0.15) is 20.7 Å². The summed E-state index contributed by atoms with van der Waals surface area (Å²) in [6, 6.07) is 12.5. The van der Waals surface area contributed by atoms with Crippen LogP contribution in [0.5, 0.6) is 5.75 Å². The number of urea groups is 1. The van der Waals surface area contributed by atoms with Gasteiger partial charge in [0.05, 0.1) is 35.6 Å². The minimum Gasteiger partial charge on any atom is -0.496 e. The lowest BCUT2D eigenvalue weighted by molar-refractivity contribution is 0.0990. The average molecular weight is 514 g/mol. The Balaban J connectivity index is 1.47. The molecule has 5 rings (SSSR count). The Morgan fingerprint density at radius 3 is 2.50 bits per heavy atom. The molecule has 0 saturated heterocycles. The quantitative estimate of drug-likeness (QED) is 0.269. The van der Waals surface area contributed by atoms with Gasteiger partial charge in [-0.15, -0.1) is 10.2 Å². The van der Waals surface area contributed by atoms with Crippen molar-refractivity contribution in [3.63, 3.8) is 0 Å². The van der Waals surface area contributed by atoms with E-state index in [1.807, 2.05) is 0 Å². The second-order valence-electron chi connectivity index (χ2n) is 8.10. The van der Waals surface area contributed by atoms with Gasteiger partial charge in [-0.1, -0.05) is 6.07 Å². The first-order valence-electron chi connectivity index (χ1n) is 11.0. The topological polar surface area (TPSA) is 180 Å². The normalized spacial score (nSPS) is 10.9. The molecule has 0 radical (unpaired) electrons. The summed E-state index contributed by atoms with van der Waals surface area (Å²) in [5.74, 6) is -1.56. The number of amides is 4. The number of nitrogens with one attached hydrogen (secondary N) is 2. The molecule has 5 aromatic rings. The first-order valence-corrected chi connectivity index (χ1v) is 11.0. The number of rotatable bonds is 6. The molecule has 0 aliphatic heterocycles. The summed E-state index contributed by atoms with van der Waals surface area (Å²) < 4.78 is 21.9. The highest BCUT2D eigenvalue weighted by atomic mass is 19.1. The van der Waals surface area contributed by atoms with E-state index in [-0.39, 0.29) is 28.4 Å². The lowest BCUT2D eigenvalue weighted by Gasteiger charge is -2.11. The van der Waals surface area contributed by atoms with Crippen LogP contribution in [0, 0.1) is 5.82 Å². The van der Waals surface area contributed by atoms with Crippen LogP contribution in [-0.4, -0.2) is 44.5 Å². The number of hydrogen-bond donors (Lipinski definition) is 4. The van der Waals surface area contributed by atoms with Gasteiger partial charge in [-0.25, -0.2) is 9.18 Å². The smallest absolute Gasteiger partial charge is 0.323 e. The zero-order chi connectivity index (χ0) is 27.0. The molecule has 4 amide bonds. The van der Waals surface area contributed by atoms with Gasteiger partial charge in [-0.3, -0.25) is 19.0 Å². The van der Waals surface area contributed by atoms with Crippen LogP contribution < -0.4 is 26.8 Å². The Hall–Kier alpha value is -5.59. The van der Waals surface area contributed by atoms with E-state index >= 15 is 4.39 Å². The number of methoxy groups -OCH3 is 1. The molecule has 6 N–H and O–H groups in total. The minimum absolute atomic E-state index is 0.0987. The third kappa shape index (κ3) is 4.39. The number of halogens is 1. The molecular weight excluding hydrogens is 495 g/mol. The van der Waals surface area contributed by atoms with Crippen LogP contribution >= 0.6 is 0 Å². The number of carbonyl (C=O) groups excluding carboxylic acids is 3. The molecule has 0 fully saturated rings. The van der Waals surface area contributed by atoms with Gasteiger partial charge in [-0.2, -0.15) is 0 Å². The van der Waals surface area contributed by atoms with Gasteiger partial charge in [0.1, 0.15) is 11.6 Å². The van der Waals surface area contributed by atoms with Crippen LogP contribution in [0.3, 0.4) is 0 Å². The van der Waals surface area contributed by atoms with Gasteiger partial charge in [-0.05, 0) is 42.5 Å². The molecule has 2 heterocycles. The van der Waals surface area contributed by atoms with Gasteiger partial charge in [0, 0.05) is 22.9 Å².